The molecule has 5 heterocycles. The van der Waals surface area contributed by atoms with E-state index in [2.05, 4.69) is 19.9 Å². The number of amides is 1. The maximum atomic E-state index is 13.9. The number of benzene rings is 1. The summed E-state index contributed by atoms with van der Waals surface area (Å²) in [5.41, 5.74) is 12.4. The number of likely N-dealkylation sites (N-methyl/N-ethyl adjacent to an activating group) is 1. The molecule has 2 unspecified atom stereocenters. The molecule has 1 aromatic heterocycles. The minimum absolute atomic E-state index is 0.00276. The number of carbonyl (C=O) groups excluding carboxylic acids is 1. The largest absolute Gasteiger partial charge is 0.467 e. The van der Waals surface area contributed by atoms with E-state index in [4.69, 9.17) is 44.1 Å². The van der Waals surface area contributed by atoms with Gasteiger partial charge in [-0.1, -0.05) is 23.2 Å². The van der Waals surface area contributed by atoms with Gasteiger partial charge in [0.25, 0.3) is 5.91 Å². The fourth-order valence-corrected chi connectivity index (χ4v) is 7.10. The highest BCUT2D eigenvalue weighted by Gasteiger charge is 2.40. The van der Waals surface area contributed by atoms with Crippen LogP contribution in [0.15, 0.2) is 39.8 Å². The number of hydroxylamine groups is 2. The van der Waals surface area contributed by atoms with E-state index in [-0.39, 0.29) is 53.3 Å². The quantitative estimate of drug-likeness (QED) is 0.123. The van der Waals surface area contributed by atoms with Gasteiger partial charge in [-0.05, 0) is 55.5 Å². The number of nitrogens with zero attached hydrogens (tertiary/aromatic N) is 6. The maximum Gasteiger partial charge on any atom is 0.418 e. The molecule has 2 aromatic rings. The Morgan fingerprint density at radius 1 is 1.20 bits per heavy atom. The summed E-state index contributed by atoms with van der Waals surface area (Å²) in [5, 5.41) is 9.11. The summed E-state index contributed by atoms with van der Waals surface area (Å²) in [4.78, 5) is 29.6. The molecule has 2 saturated heterocycles. The zero-order valence-electron chi connectivity index (χ0n) is 27.4. The number of ether oxygens (including phenoxy) is 2. The monoisotopic (exact) mass is 744 g/mol. The van der Waals surface area contributed by atoms with E-state index in [0.29, 0.717) is 47.7 Å². The lowest BCUT2D eigenvalue weighted by Crippen LogP contribution is -2.35. The maximum absolute atomic E-state index is 13.9. The number of nitrogens with two attached hydrogens (primary N) is 2. The number of aromatic nitrogens is 2. The van der Waals surface area contributed by atoms with Crippen LogP contribution in [0.5, 0.6) is 6.01 Å². The molecule has 272 valence electrons. The molecule has 1 aromatic carbocycles. The standard InChI is InChI=1S/C24H26Cl2F3N7O4.C8H12FN/c1-35(38)22(37)20(31)19(26)16-9-36(5-3-4-32-16)21-13-10-40-17(8-15(13)33-23(34-21)39-2)12-6-11(30)7-14(25)18(12)24(27,28)29;9-5-7-4-8-2-1-3-10(8)6-7/h6-7,17,38H,3-5,8-10,30-31H2,1-2H3;5,8H,1-4,6H2/b20-19+;7-5-. The van der Waals surface area contributed by atoms with Crippen LogP contribution in [0.1, 0.15) is 54.2 Å². The Bertz CT molecular complexity index is 1690. The molecule has 0 bridgehead atoms. The molecule has 12 nitrogen and oxygen atoms in total. The van der Waals surface area contributed by atoms with Gasteiger partial charge in [-0.3, -0.25) is 19.9 Å². The number of hydrogen-bond acceptors (Lipinski definition) is 11. The second kappa shape index (κ2) is 15.7. The Hall–Kier alpha value is -3.70. The van der Waals surface area contributed by atoms with Crippen LogP contribution in [0, 0.1) is 0 Å². The van der Waals surface area contributed by atoms with Gasteiger partial charge >= 0.3 is 12.2 Å². The Morgan fingerprint density at radius 2 is 1.96 bits per heavy atom. The first-order valence-electron chi connectivity index (χ1n) is 15.9. The van der Waals surface area contributed by atoms with E-state index in [1.165, 1.54) is 32.6 Å². The summed E-state index contributed by atoms with van der Waals surface area (Å²) in [6, 6.07) is 2.93. The number of halogens is 6. The minimum Gasteiger partial charge on any atom is -0.467 e. The Balaban J connectivity index is 0.000000412. The predicted octanol–water partition coefficient (Wildman–Crippen LogP) is 5.17. The fraction of sp³-hybridized carbons (Fsp3) is 0.500. The number of alkyl halides is 3. The second-order valence-electron chi connectivity index (χ2n) is 12.3. The lowest BCUT2D eigenvalue weighted by atomic mass is 9.94. The first-order valence-corrected chi connectivity index (χ1v) is 16.6. The SMILES string of the molecule is COc1nc2c(c(N3CCCN=C(/C(Cl)=C(\N)C(=O)N(C)O)C3)n1)COC(c1cc(N)cc(Cl)c1C(F)(F)F)C2.F/C=C1/CC2CCCN2C1. The fourth-order valence-electron chi connectivity index (χ4n) is 6.56. The van der Waals surface area contributed by atoms with Crippen molar-refractivity contribution in [2.45, 2.75) is 57.0 Å². The zero-order chi connectivity index (χ0) is 36.3. The van der Waals surface area contributed by atoms with E-state index in [9.17, 15) is 27.6 Å². The predicted molar refractivity (Wildman–Crippen MR) is 180 cm³/mol. The molecule has 2 fully saturated rings. The summed E-state index contributed by atoms with van der Waals surface area (Å²) in [5.74, 6) is -0.492. The normalized spacial score (nSPS) is 22.1. The molecular formula is C32H38Cl2F4N8O4. The number of anilines is 2. The molecule has 0 aliphatic carbocycles. The van der Waals surface area contributed by atoms with Crippen molar-refractivity contribution in [3.63, 3.8) is 0 Å². The van der Waals surface area contributed by atoms with E-state index in [0.717, 1.165) is 38.0 Å². The van der Waals surface area contributed by atoms with Gasteiger partial charge in [0.05, 0.1) is 59.7 Å². The van der Waals surface area contributed by atoms with Crippen molar-refractivity contribution in [1.82, 2.24) is 19.9 Å². The summed E-state index contributed by atoms with van der Waals surface area (Å²) < 4.78 is 64.9. The van der Waals surface area contributed by atoms with Crippen LogP contribution in [0.4, 0.5) is 29.1 Å². The second-order valence-corrected chi connectivity index (χ2v) is 13.1. The average Bonchev–Trinajstić information content (AvgIpc) is 3.60. The van der Waals surface area contributed by atoms with E-state index in [1.54, 1.807) is 0 Å². The van der Waals surface area contributed by atoms with Gasteiger partial charge in [-0.2, -0.15) is 23.1 Å². The molecule has 1 amide bonds. The van der Waals surface area contributed by atoms with E-state index in [1.807, 2.05) is 4.90 Å². The lowest BCUT2D eigenvalue weighted by Gasteiger charge is -2.31. The van der Waals surface area contributed by atoms with Gasteiger partial charge in [0.1, 0.15) is 11.5 Å². The van der Waals surface area contributed by atoms with Crippen LogP contribution in [0.2, 0.25) is 5.02 Å². The molecule has 5 N–H and O–H groups in total. The topological polar surface area (TPSA) is 156 Å². The van der Waals surface area contributed by atoms with Gasteiger partial charge < -0.3 is 25.8 Å². The molecule has 18 heteroatoms. The molecule has 0 saturated carbocycles. The third-order valence-electron chi connectivity index (χ3n) is 8.91. The Morgan fingerprint density at radius 3 is 2.62 bits per heavy atom. The van der Waals surface area contributed by atoms with Crippen LogP contribution in [0.3, 0.4) is 0 Å². The van der Waals surface area contributed by atoms with Crippen LogP contribution < -0.4 is 21.1 Å². The summed E-state index contributed by atoms with van der Waals surface area (Å²) in [6.07, 6.45) is -0.874. The van der Waals surface area contributed by atoms with Gasteiger partial charge in [0, 0.05) is 50.4 Å². The number of hydrogen-bond donors (Lipinski definition) is 3. The number of carbonyl (C=O) groups is 1. The number of fused-ring (bicyclic) bond motifs is 2. The number of rotatable bonds is 5. The van der Waals surface area contributed by atoms with Crippen LogP contribution in [-0.2, 0) is 28.7 Å². The molecule has 2 atom stereocenters. The van der Waals surface area contributed by atoms with Crippen molar-refractivity contribution >= 4 is 46.3 Å². The molecule has 50 heavy (non-hydrogen) atoms. The summed E-state index contributed by atoms with van der Waals surface area (Å²) >= 11 is 12.3. The zero-order valence-corrected chi connectivity index (χ0v) is 29.0. The Kier molecular flexibility index (Phi) is 11.8. The van der Waals surface area contributed by atoms with Gasteiger partial charge in [-0.15, -0.1) is 0 Å². The highest BCUT2D eigenvalue weighted by molar-refractivity contribution is 6.45. The summed E-state index contributed by atoms with van der Waals surface area (Å²) in [7, 11) is 2.48. The lowest BCUT2D eigenvalue weighted by molar-refractivity contribution is -0.154. The van der Waals surface area contributed by atoms with Crippen LogP contribution in [0.25, 0.3) is 0 Å². The molecule has 0 radical (unpaired) electrons. The number of methoxy groups -OCH3 is 1. The molecule has 0 spiro atoms. The van der Waals surface area contributed by atoms with Gasteiger partial charge in [0.15, 0.2) is 0 Å². The average molecular weight is 746 g/mol. The number of aliphatic imine (C=N–C) groups is 1. The third kappa shape index (κ3) is 8.26. The number of nitrogen functional groups attached to an aromatic ring is 1. The molecule has 4 aliphatic heterocycles. The van der Waals surface area contributed by atoms with Crippen molar-refractivity contribution in [3.05, 3.63) is 62.2 Å². The molecule has 6 rings (SSSR count). The smallest absolute Gasteiger partial charge is 0.418 e. The summed E-state index contributed by atoms with van der Waals surface area (Å²) in [6.45, 7) is 2.87. The molecule has 4 aliphatic rings. The van der Waals surface area contributed by atoms with Crippen LogP contribution in [-0.4, -0.2) is 89.7 Å². The third-order valence-corrected chi connectivity index (χ3v) is 9.63. The van der Waals surface area contributed by atoms with E-state index >= 15 is 0 Å². The van der Waals surface area contributed by atoms with Crippen molar-refractivity contribution < 1.29 is 37.0 Å². The Labute approximate surface area is 296 Å². The van der Waals surface area contributed by atoms with Crippen LogP contribution >= 0.6 is 23.2 Å². The minimum atomic E-state index is -4.74. The van der Waals surface area contributed by atoms with Crippen molar-refractivity contribution in [2.24, 2.45) is 10.7 Å². The first-order chi connectivity index (χ1) is 23.7. The van der Waals surface area contributed by atoms with Gasteiger partial charge in [0.2, 0.25) is 0 Å². The van der Waals surface area contributed by atoms with Gasteiger partial charge in [-0.25, -0.2) is 9.45 Å². The highest BCUT2D eigenvalue weighted by atomic mass is 35.5. The van der Waals surface area contributed by atoms with E-state index < -0.39 is 28.8 Å². The van der Waals surface area contributed by atoms with Crippen molar-refractivity contribution in [3.8, 4) is 6.01 Å². The van der Waals surface area contributed by atoms with Crippen molar-refractivity contribution in [1.29, 1.82) is 0 Å². The molecular weight excluding hydrogens is 707 g/mol. The van der Waals surface area contributed by atoms with Crippen molar-refractivity contribution in [2.75, 3.05) is 57.5 Å². The first kappa shape index (κ1) is 37.6. The highest BCUT2D eigenvalue weighted by Crippen LogP contribution is 2.44.